The summed E-state index contributed by atoms with van der Waals surface area (Å²) in [6.45, 7) is 5.67. The monoisotopic (exact) mass is 366 g/mol. The van der Waals surface area contributed by atoms with Crippen LogP contribution in [0.5, 0.6) is 11.5 Å². The molecule has 0 aromatic heterocycles. The normalized spacial score (nSPS) is 32.3. The summed E-state index contributed by atoms with van der Waals surface area (Å²) in [7, 11) is 0. The molecule has 1 amide bonds. The molecular weight excluding hydrogens is 344 g/mol. The number of nitrogens with two attached hydrogens (primary N) is 1. The second kappa shape index (κ2) is 5.76. The molecule has 1 aromatic rings. The lowest BCUT2D eigenvalue weighted by atomic mass is 9.46. The average Bonchev–Trinajstić information content (AvgIpc) is 2.61. The minimum Gasteiger partial charge on any atom is -0.486 e. The van der Waals surface area contributed by atoms with Gasteiger partial charge in [-0.1, -0.05) is 25.4 Å². The zero-order valence-corrected chi connectivity index (χ0v) is 15.2. The molecule has 2 fully saturated rings. The summed E-state index contributed by atoms with van der Waals surface area (Å²) in [4.78, 5) is 13.1. The van der Waals surface area contributed by atoms with E-state index in [9.17, 15) is 4.79 Å². The topological polar surface area (TPSA) is 82.8 Å². The summed E-state index contributed by atoms with van der Waals surface area (Å²) in [6.07, 6.45) is 1.84. The van der Waals surface area contributed by atoms with E-state index in [1.54, 1.807) is 12.1 Å². The largest absolute Gasteiger partial charge is 0.486 e. The molecule has 4 rings (SSSR count). The van der Waals surface area contributed by atoms with Gasteiger partial charge in [-0.25, -0.2) is 0 Å². The molecule has 2 heterocycles. The van der Waals surface area contributed by atoms with Crippen molar-refractivity contribution in [3.63, 3.8) is 0 Å². The fraction of sp³-hybridized carbons (Fsp3) is 0.611. The quantitative estimate of drug-likeness (QED) is 0.840. The van der Waals surface area contributed by atoms with Crippen molar-refractivity contribution in [2.75, 3.05) is 25.1 Å². The Morgan fingerprint density at radius 1 is 1.24 bits per heavy atom. The van der Waals surface area contributed by atoms with Gasteiger partial charge in [-0.3, -0.25) is 4.79 Å². The lowest BCUT2D eigenvalue weighted by Gasteiger charge is -2.65. The number of ether oxygens (including phenoxy) is 3. The third-order valence-electron chi connectivity index (χ3n) is 5.94. The van der Waals surface area contributed by atoms with Crippen LogP contribution in [0.1, 0.15) is 26.7 Å². The number of anilines is 1. The highest BCUT2D eigenvalue weighted by molar-refractivity contribution is 6.34. The lowest BCUT2D eigenvalue weighted by Crippen LogP contribution is -2.81. The summed E-state index contributed by atoms with van der Waals surface area (Å²) >= 11 is 6.31. The molecule has 1 saturated heterocycles. The van der Waals surface area contributed by atoms with Crippen LogP contribution in [-0.4, -0.2) is 37.4 Å². The maximum Gasteiger partial charge on any atom is 0.245 e. The molecule has 7 heteroatoms. The first-order valence-electron chi connectivity index (χ1n) is 8.67. The second-order valence-electron chi connectivity index (χ2n) is 7.56. The lowest BCUT2D eigenvalue weighted by molar-refractivity contribution is -0.222. The molecule has 1 aliphatic carbocycles. The van der Waals surface area contributed by atoms with Crippen LogP contribution in [0.3, 0.4) is 0 Å². The first kappa shape index (κ1) is 16.9. The maximum absolute atomic E-state index is 13.1. The first-order chi connectivity index (χ1) is 11.9. The molecule has 3 unspecified atom stereocenters. The van der Waals surface area contributed by atoms with Crippen LogP contribution in [0.15, 0.2) is 12.1 Å². The van der Waals surface area contributed by atoms with Gasteiger partial charge in [0.25, 0.3) is 0 Å². The first-order valence-corrected chi connectivity index (χ1v) is 9.04. The number of carbonyl (C=O) groups excluding carboxylic acids is 1. The summed E-state index contributed by atoms with van der Waals surface area (Å²) in [5.74, 6) is 0.945. The van der Waals surface area contributed by atoms with Crippen LogP contribution >= 0.6 is 11.6 Å². The molecule has 6 nitrogen and oxygen atoms in total. The molecule has 25 heavy (non-hydrogen) atoms. The van der Waals surface area contributed by atoms with Crippen molar-refractivity contribution >= 4 is 23.2 Å². The number of fused-ring (bicyclic) bond motifs is 2. The highest BCUT2D eigenvalue weighted by atomic mass is 35.5. The van der Waals surface area contributed by atoms with Crippen molar-refractivity contribution in [3.8, 4) is 11.5 Å². The molecule has 2 aliphatic heterocycles. The van der Waals surface area contributed by atoms with Crippen molar-refractivity contribution < 1.29 is 19.0 Å². The van der Waals surface area contributed by atoms with E-state index in [0.29, 0.717) is 35.4 Å². The molecule has 0 bridgehead atoms. The van der Waals surface area contributed by atoms with Crippen molar-refractivity contribution in [2.45, 2.75) is 38.3 Å². The molecule has 3 N–H and O–H groups in total. The molecule has 0 spiro atoms. The van der Waals surface area contributed by atoms with Crippen molar-refractivity contribution in [1.29, 1.82) is 0 Å². The number of nitrogens with one attached hydrogen (secondary N) is 1. The van der Waals surface area contributed by atoms with E-state index in [-0.39, 0.29) is 17.9 Å². The summed E-state index contributed by atoms with van der Waals surface area (Å²) in [5, 5.41) is 3.30. The second-order valence-corrected chi connectivity index (χ2v) is 7.97. The summed E-state index contributed by atoms with van der Waals surface area (Å²) < 4.78 is 16.9. The van der Waals surface area contributed by atoms with Gasteiger partial charge >= 0.3 is 0 Å². The smallest absolute Gasteiger partial charge is 0.245 e. The zero-order chi connectivity index (χ0) is 17.8. The Balaban J connectivity index is 1.60. The van der Waals surface area contributed by atoms with E-state index in [0.717, 1.165) is 19.4 Å². The van der Waals surface area contributed by atoms with Gasteiger partial charge in [0.1, 0.15) is 18.8 Å². The SMILES string of the molecule is CC1(C)C2OCCCC2C1(N)C(=O)Nc1cc2c(cc1Cl)OCCO2. The van der Waals surface area contributed by atoms with Crippen LogP contribution in [-0.2, 0) is 9.53 Å². The van der Waals surface area contributed by atoms with Crippen LogP contribution in [0.2, 0.25) is 5.02 Å². The molecule has 3 atom stereocenters. The highest BCUT2D eigenvalue weighted by Crippen LogP contribution is 2.57. The third-order valence-corrected chi connectivity index (χ3v) is 6.25. The van der Waals surface area contributed by atoms with E-state index >= 15 is 0 Å². The van der Waals surface area contributed by atoms with Crippen LogP contribution in [0.25, 0.3) is 0 Å². The number of benzene rings is 1. The average molecular weight is 367 g/mol. The summed E-state index contributed by atoms with van der Waals surface area (Å²) in [5.41, 5.74) is 5.67. The van der Waals surface area contributed by atoms with Crippen LogP contribution < -0.4 is 20.5 Å². The number of halogens is 1. The Bertz CT molecular complexity index is 723. The van der Waals surface area contributed by atoms with Gasteiger partial charge in [0.2, 0.25) is 5.91 Å². The molecule has 1 aromatic carbocycles. The van der Waals surface area contributed by atoms with E-state index in [4.69, 9.17) is 31.5 Å². The molecule has 0 radical (unpaired) electrons. The predicted octanol–water partition coefficient (Wildman–Crippen LogP) is 2.58. The van der Waals surface area contributed by atoms with E-state index < -0.39 is 11.0 Å². The van der Waals surface area contributed by atoms with Gasteiger partial charge in [0.15, 0.2) is 11.5 Å². The number of carbonyl (C=O) groups is 1. The van der Waals surface area contributed by atoms with Crippen molar-refractivity contribution in [2.24, 2.45) is 17.1 Å². The Morgan fingerprint density at radius 2 is 1.92 bits per heavy atom. The molecule has 3 aliphatic rings. The molecular formula is C18H23ClN2O4. The van der Waals surface area contributed by atoms with Crippen LogP contribution in [0, 0.1) is 11.3 Å². The standard InChI is InChI=1S/C18H23ClN2O4/c1-17(2)15-10(4-3-5-25-15)18(17,20)16(22)21-12-9-14-13(8-11(12)19)23-6-7-24-14/h8-10,15H,3-7,20H2,1-2H3,(H,21,22). The van der Waals surface area contributed by atoms with Gasteiger partial charge in [0.05, 0.1) is 16.8 Å². The number of rotatable bonds is 2. The molecule has 136 valence electrons. The fourth-order valence-electron chi connectivity index (χ4n) is 4.42. The Kier molecular flexibility index (Phi) is 3.90. The van der Waals surface area contributed by atoms with Crippen molar-refractivity contribution in [1.82, 2.24) is 0 Å². The van der Waals surface area contributed by atoms with Crippen molar-refractivity contribution in [3.05, 3.63) is 17.2 Å². The third kappa shape index (κ3) is 2.34. The van der Waals surface area contributed by atoms with Gasteiger partial charge in [0, 0.05) is 30.1 Å². The number of hydrogen-bond donors (Lipinski definition) is 2. The number of amides is 1. The van der Waals surface area contributed by atoms with E-state index in [2.05, 4.69) is 5.32 Å². The summed E-state index contributed by atoms with van der Waals surface area (Å²) in [6, 6.07) is 3.35. The van der Waals surface area contributed by atoms with E-state index in [1.165, 1.54) is 0 Å². The van der Waals surface area contributed by atoms with Gasteiger partial charge in [-0.15, -0.1) is 0 Å². The Hall–Kier alpha value is -1.50. The fourth-order valence-corrected chi connectivity index (χ4v) is 4.62. The van der Waals surface area contributed by atoms with Gasteiger partial charge < -0.3 is 25.3 Å². The predicted molar refractivity (Wildman–Crippen MR) is 94.2 cm³/mol. The van der Waals surface area contributed by atoms with Gasteiger partial charge in [-0.05, 0) is 12.8 Å². The molecule has 1 saturated carbocycles. The van der Waals surface area contributed by atoms with E-state index in [1.807, 2.05) is 13.8 Å². The maximum atomic E-state index is 13.1. The van der Waals surface area contributed by atoms with Crippen LogP contribution in [0.4, 0.5) is 5.69 Å². The van der Waals surface area contributed by atoms with Gasteiger partial charge in [-0.2, -0.15) is 0 Å². The number of hydrogen-bond acceptors (Lipinski definition) is 5. The Labute approximate surface area is 151 Å². The Morgan fingerprint density at radius 3 is 2.64 bits per heavy atom. The highest BCUT2D eigenvalue weighted by Gasteiger charge is 2.70. The minimum atomic E-state index is -0.991. The zero-order valence-electron chi connectivity index (χ0n) is 14.4. The minimum absolute atomic E-state index is 0.0206.